The first kappa shape index (κ1) is 19.7. The Kier molecular flexibility index (Phi) is 6.27. The van der Waals surface area contributed by atoms with Gasteiger partial charge in [0.25, 0.3) is 0 Å². The average molecular weight is 392 g/mol. The Morgan fingerprint density at radius 1 is 1.10 bits per heavy atom. The van der Waals surface area contributed by atoms with Gasteiger partial charge < -0.3 is 20.1 Å². The van der Waals surface area contributed by atoms with E-state index >= 15 is 0 Å². The van der Waals surface area contributed by atoms with Gasteiger partial charge in [0.1, 0.15) is 5.75 Å². The van der Waals surface area contributed by atoms with Crippen LogP contribution in [0.1, 0.15) is 19.3 Å². The van der Waals surface area contributed by atoms with Gasteiger partial charge in [-0.25, -0.2) is 4.98 Å². The summed E-state index contributed by atoms with van der Waals surface area (Å²) in [6.45, 7) is 3.98. The van der Waals surface area contributed by atoms with Crippen LogP contribution in [0.4, 0.5) is 5.69 Å². The van der Waals surface area contributed by atoms with E-state index in [1.807, 2.05) is 30.3 Å². The molecule has 3 aromatic rings. The fraction of sp³-hybridized carbons (Fsp3) is 0.375. The van der Waals surface area contributed by atoms with Gasteiger partial charge in [0, 0.05) is 36.3 Å². The van der Waals surface area contributed by atoms with Crippen LogP contribution in [-0.4, -0.2) is 54.4 Å². The van der Waals surface area contributed by atoms with Crippen LogP contribution in [-0.2, 0) is 0 Å². The van der Waals surface area contributed by atoms with Crippen molar-refractivity contribution >= 4 is 16.6 Å². The van der Waals surface area contributed by atoms with Crippen LogP contribution in [0.25, 0.3) is 22.2 Å². The SMILES string of the molecule is COc1ccc(-c2cc(NCCCN3CCC(O)CC3)c3ccccc3n2)cc1. The maximum atomic E-state index is 9.65. The first-order chi connectivity index (χ1) is 14.2. The lowest BCUT2D eigenvalue weighted by atomic mass is 10.1. The minimum atomic E-state index is -0.107. The molecule has 0 aliphatic carbocycles. The molecule has 0 spiro atoms. The highest BCUT2D eigenvalue weighted by molar-refractivity contribution is 5.93. The van der Waals surface area contributed by atoms with Crippen molar-refractivity contribution < 1.29 is 9.84 Å². The second-order valence-corrected chi connectivity index (χ2v) is 7.65. The number of ether oxygens (including phenoxy) is 1. The second kappa shape index (κ2) is 9.25. The summed E-state index contributed by atoms with van der Waals surface area (Å²) in [7, 11) is 1.68. The minimum absolute atomic E-state index is 0.107. The van der Waals surface area contributed by atoms with E-state index in [2.05, 4.69) is 34.5 Å². The number of hydrogen-bond donors (Lipinski definition) is 2. The van der Waals surface area contributed by atoms with Crippen LogP contribution < -0.4 is 10.1 Å². The number of aliphatic hydroxyl groups is 1. The number of piperidine rings is 1. The normalized spacial score (nSPS) is 15.5. The van der Waals surface area contributed by atoms with Crippen molar-refractivity contribution in [3.63, 3.8) is 0 Å². The summed E-state index contributed by atoms with van der Waals surface area (Å²) in [5.41, 5.74) is 4.15. The molecule has 4 rings (SSSR count). The summed E-state index contributed by atoms with van der Waals surface area (Å²) in [4.78, 5) is 7.30. The zero-order chi connectivity index (χ0) is 20.1. The van der Waals surface area contributed by atoms with Crippen molar-refractivity contribution in [3.05, 3.63) is 54.6 Å². The Morgan fingerprint density at radius 3 is 2.62 bits per heavy atom. The van der Waals surface area contributed by atoms with E-state index < -0.39 is 0 Å². The molecule has 1 aliphatic rings. The minimum Gasteiger partial charge on any atom is -0.497 e. The highest BCUT2D eigenvalue weighted by Gasteiger charge is 2.16. The number of hydrogen-bond acceptors (Lipinski definition) is 5. The number of methoxy groups -OCH3 is 1. The summed E-state index contributed by atoms with van der Waals surface area (Å²) in [5.74, 6) is 0.845. The molecule has 0 saturated carbocycles. The number of fused-ring (bicyclic) bond motifs is 1. The molecule has 1 saturated heterocycles. The first-order valence-corrected chi connectivity index (χ1v) is 10.4. The number of aliphatic hydroxyl groups excluding tert-OH is 1. The van der Waals surface area contributed by atoms with Crippen molar-refractivity contribution in [2.24, 2.45) is 0 Å². The molecular formula is C24H29N3O2. The van der Waals surface area contributed by atoms with E-state index in [4.69, 9.17) is 9.72 Å². The fourth-order valence-electron chi connectivity index (χ4n) is 3.90. The average Bonchev–Trinajstić information content (AvgIpc) is 2.77. The Hall–Kier alpha value is -2.63. The molecule has 1 aliphatic heterocycles. The van der Waals surface area contributed by atoms with Gasteiger partial charge in [-0.15, -0.1) is 0 Å². The van der Waals surface area contributed by atoms with Gasteiger partial charge in [-0.2, -0.15) is 0 Å². The van der Waals surface area contributed by atoms with Crippen molar-refractivity contribution in [1.82, 2.24) is 9.88 Å². The van der Waals surface area contributed by atoms with E-state index in [1.54, 1.807) is 7.11 Å². The van der Waals surface area contributed by atoms with Gasteiger partial charge in [-0.05, 0) is 62.2 Å². The molecule has 152 valence electrons. The van der Waals surface area contributed by atoms with Crippen molar-refractivity contribution in [2.45, 2.75) is 25.4 Å². The van der Waals surface area contributed by atoms with E-state index in [0.29, 0.717) is 0 Å². The molecule has 2 aromatic carbocycles. The monoisotopic (exact) mass is 391 g/mol. The van der Waals surface area contributed by atoms with Gasteiger partial charge in [0.15, 0.2) is 0 Å². The maximum Gasteiger partial charge on any atom is 0.118 e. The Labute approximate surface area is 172 Å². The number of aromatic nitrogens is 1. The lowest BCUT2D eigenvalue weighted by molar-refractivity contribution is 0.0825. The van der Waals surface area contributed by atoms with E-state index in [0.717, 1.165) is 79.0 Å². The van der Waals surface area contributed by atoms with Gasteiger partial charge in [-0.3, -0.25) is 0 Å². The molecule has 0 amide bonds. The first-order valence-electron chi connectivity index (χ1n) is 10.4. The van der Waals surface area contributed by atoms with Crippen molar-refractivity contribution in [3.8, 4) is 17.0 Å². The highest BCUT2D eigenvalue weighted by Crippen LogP contribution is 2.29. The Morgan fingerprint density at radius 2 is 1.86 bits per heavy atom. The molecule has 0 unspecified atom stereocenters. The number of nitrogens with one attached hydrogen (secondary N) is 1. The van der Waals surface area contributed by atoms with E-state index in [9.17, 15) is 5.11 Å². The number of para-hydroxylation sites is 1. The van der Waals surface area contributed by atoms with Gasteiger partial charge in [-0.1, -0.05) is 18.2 Å². The van der Waals surface area contributed by atoms with Crippen LogP contribution >= 0.6 is 0 Å². The largest absolute Gasteiger partial charge is 0.497 e. The van der Waals surface area contributed by atoms with Crippen molar-refractivity contribution in [2.75, 3.05) is 38.6 Å². The maximum absolute atomic E-state index is 9.65. The number of benzene rings is 2. The Balaban J connectivity index is 1.47. The third kappa shape index (κ3) is 4.86. The topological polar surface area (TPSA) is 57.6 Å². The molecule has 1 fully saturated rings. The summed E-state index contributed by atoms with van der Waals surface area (Å²) in [5, 5.41) is 14.4. The summed E-state index contributed by atoms with van der Waals surface area (Å²) in [6, 6.07) is 18.4. The molecular weight excluding hydrogens is 362 g/mol. The molecule has 2 heterocycles. The summed E-state index contributed by atoms with van der Waals surface area (Å²) in [6.07, 6.45) is 2.76. The highest BCUT2D eigenvalue weighted by atomic mass is 16.5. The molecule has 2 N–H and O–H groups in total. The molecule has 0 atom stereocenters. The van der Waals surface area contributed by atoms with Gasteiger partial charge >= 0.3 is 0 Å². The predicted octanol–water partition coefficient (Wildman–Crippen LogP) is 4.17. The number of rotatable bonds is 7. The quantitative estimate of drug-likeness (QED) is 0.592. The molecule has 0 bridgehead atoms. The Bertz CT molecular complexity index is 935. The second-order valence-electron chi connectivity index (χ2n) is 7.65. The summed E-state index contributed by atoms with van der Waals surface area (Å²) >= 11 is 0. The number of nitrogens with zero attached hydrogens (tertiary/aromatic N) is 2. The van der Waals surface area contributed by atoms with Crippen LogP contribution in [0, 0.1) is 0 Å². The number of anilines is 1. The molecule has 5 heteroatoms. The lowest BCUT2D eigenvalue weighted by Crippen LogP contribution is -2.36. The molecule has 29 heavy (non-hydrogen) atoms. The smallest absolute Gasteiger partial charge is 0.118 e. The fourth-order valence-corrected chi connectivity index (χ4v) is 3.90. The van der Waals surface area contributed by atoms with Gasteiger partial charge in [0.2, 0.25) is 0 Å². The summed E-state index contributed by atoms with van der Waals surface area (Å²) < 4.78 is 5.27. The predicted molar refractivity (Wildman–Crippen MR) is 119 cm³/mol. The van der Waals surface area contributed by atoms with E-state index in [1.165, 1.54) is 0 Å². The third-order valence-corrected chi connectivity index (χ3v) is 5.63. The standard InChI is InChI=1S/C24H29N3O2/c1-29-20-9-7-18(8-10-20)23-17-24(21-5-2-3-6-22(21)26-23)25-13-4-14-27-15-11-19(28)12-16-27/h2-3,5-10,17,19,28H,4,11-16H2,1H3,(H,25,26). The van der Waals surface area contributed by atoms with Crippen LogP contribution in [0.15, 0.2) is 54.6 Å². The van der Waals surface area contributed by atoms with Gasteiger partial charge in [0.05, 0.1) is 24.4 Å². The third-order valence-electron chi connectivity index (χ3n) is 5.63. The van der Waals surface area contributed by atoms with Crippen molar-refractivity contribution in [1.29, 1.82) is 0 Å². The molecule has 5 nitrogen and oxygen atoms in total. The van der Waals surface area contributed by atoms with Crippen LogP contribution in [0.5, 0.6) is 5.75 Å². The lowest BCUT2D eigenvalue weighted by Gasteiger charge is -2.29. The van der Waals surface area contributed by atoms with Crippen LogP contribution in [0.2, 0.25) is 0 Å². The number of pyridine rings is 1. The van der Waals surface area contributed by atoms with Crippen LogP contribution in [0.3, 0.4) is 0 Å². The zero-order valence-electron chi connectivity index (χ0n) is 17.0. The zero-order valence-corrected chi connectivity index (χ0v) is 17.0. The molecule has 0 radical (unpaired) electrons. The number of likely N-dealkylation sites (tertiary alicyclic amines) is 1. The molecule has 1 aromatic heterocycles. The van der Waals surface area contributed by atoms with E-state index in [-0.39, 0.29) is 6.10 Å².